The number of carbonyl (C=O) groups is 1. The van der Waals surface area contributed by atoms with E-state index in [2.05, 4.69) is 15.2 Å². The Labute approximate surface area is 80.8 Å². The summed E-state index contributed by atoms with van der Waals surface area (Å²) in [6.07, 6.45) is 4.86. The fourth-order valence-corrected chi connectivity index (χ4v) is 1.28. The summed E-state index contributed by atoms with van der Waals surface area (Å²) in [5.41, 5.74) is 1.33. The second kappa shape index (κ2) is 3.10. The molecule has 0 unspecified atom stereocenters. The molecular formula is C9H10N4O. The quantitative estimate of drug-likeness (QED) is 0.708. The molecule has 0 saturated carbocycles. The lowest BCUT2D eigenvalue weighted by molar-refractivity contribution is 0.102. The number of aromatic nitrogens is 4. The fraction of sp³-hybridized carbons (Fsp3) is 0.222. The van der Waals surface area contributed by atoms with Crippen LogP contribution in [0.15, 0.2) is 18.6 Å². The van der Waals surface area contributed by atoms with E-state index in [1.807, 2.05) is 6.92 Å². The third-order valence-electron chi connectivity index (χ3n) is 2.10. The number of ketones is 1. The van der Waals surface area contributed by atoms with Gasteiger partial charge in [-0.15, -0.1) is 0 Å². The molecule has 5 nitrogen and oxygen atoms in total. The predicted octanol–water partition coefficient (Wildman–Crippen LogP) is 0.683. The number of H-pyrrole nitrogens is 1. The molecule has 0 aromatic carbocycles. The molecule has 0 bridgehead atoms. The minimum Gasteiger partial charge on any atom is -0.331 e. The maximum atomic E-state index is 11.9. The zero-order valence-electron chi connectivity index (χ0n) is 7.98. The fourth-order valence-electron chi connectivity index (χ4n) is 1.28. The molecule has 0 radical (unpaired) electrons. The van der Waals surface area contributed by atoms with Crippen LogP contribution in [0, 0.1) is 6.92 Å². The number of imidazole rings is 1. The van der Waals surface area contributed by atoms with Crippen molar-refractivity contribution in [2.45, 2.75) is 6.92 Å². The highest BCUT2D eigenvalue weighted by Crippen LogP contribution is 2.09. The Morgan fingerprint density at radius 1 is 1.57 bits per heavy atom. The molecule has 14 heavy (non-hydrogen) atoms. The Morgan fingerprint density at radius 2 is 2.36 bits per heavy atom. The van der Waals surface area contributed by atoms with Gasteiger partial charge in [-0.1, -0.05) is 0 Å². The molecule has 0 fully saturated rings. The summed E-state index contributed by atoms with van der Waals surface area (Å²) in [5.74, 6) is 0.318. The predicted molar refractivity (Wildman–Crippen MR) is 50.0 cm³/mol. The highest BCUT2D eigenvalue weighted by atomic mass is 16.1. The minimum absolute atomic E-state index is 0.108. The highest BCUT2D eigenvalue weighted by molar-refractivity contribution is 6.07. The molecule has 0 saturated heterocycles. The van der Waals surface area contributed by atoms with Gasteiger partial charge in [0.1, 0.15) is 0 Å². The summed E-state index contributed by atoms with van der Waals surface area (Å²) in [6.45, 7) is 1.81. The van der Waals surface area contributed by atoms with Gasteiger partial charge >= 0.3 is 0 Å². The van der Waals surface area contributed by atoms with E-state index >= 15 is 0 Å². The van der Waals surface area contributed by atoms with Gasteiger partial charge in [-0.2, -0.15) is 5.10 Å². The molecule has 0 atom stereocenters. The number of carbonyl (C=O) groups excluding carboxylic acids is 1. The number of aromatic amines is 1. The van der Waals surface area contributed by atoms with Crippen molar-refractivity contribution in [2.24, 2.45) is 7.05 Å². The van der Waals surface area contributed by atoms with Crippen molar-refractivity contribution in [1.82, 2.24) is 19.7 Å². The molecule has 0 spiro atoms. The van der Waals surface area contributed by atoms with Crippen molar-refractivity contribution in [2.75, 3.05) is 0 Å². The Balaban J connectivity index is 2.44. The average molecular weight is 190 g/mol. The molecule has 0 aliphatic heterocycles. The maximum absolute atomic E-state index is 11.9. The number of hydrogen-bond donors (Lipinski definition) is 1. The van der Waals surface area contributed by atoms with Gasteiger partial charge in [0.2, 0.25) is 5.78 Å². The monoisotopic (exact) mass is 190 g/mol. The van der Waals surface area contributed by atoms with Gasteiger partial charge in [0.15, 0.2) is 5.82 Å². The van der Waals surface area contributed by atoms with E-state index in [4.69, 9.17) is 0 Å². The second-order valence-electron chi connectivity index (χ2n) is 3.10. The van der Waals surface area contributed by atoms with Gasteiger partial charge in [-0.05, 0) is 6.92 Å². The zero-order chi connectivity index (χ0) is 10.1. The van der Waals surface area contributed by atoms with Crippen LogP contribution in [0.25, 0.3) is 0 Å². The maximum Gasteiger partial charge on any atom is 0.231 e. The van der Waals surface area contributed by atoms with Crippen molar-refractivity contribution >= 4 is 5.78 Å². The second-order valence-corrected chi connectivity index (χ2v) is 3.10. The highest BCUT2D eigenvalue weighted by Gasteiger charge is 2.16. The standard InChI is InChI=1S/C9H10N4O/c1-6-7(5-11-12-6)8(14)9-10-3-4-13(9)2/h3-5H,1-2H3,(H,11,12). The van der Waals surface area contributed by atoms with Crippen LogP contribution in [0.3, 0.4) is 0 Å². The Bertz CT molecular complexity index is 426. The molecule has 2 rings (SSSR count). The largest absolute Gasteiger partial charge is 0.331 e. The molecule has 2 aromatic rings. The van der Waals surface area contributed by atoms with Crippen molar-refractivity contribution in [3.63, 3.8) is 0 Å². The Kier molecular flexibility index (Phi) is 1.92. The van der Waals surface area contributed by atoms with Crippen molar-refractivity contribution in [1.29, 1.82) is 0 Å². The smallest absolute Gasteiger partial charge is 0.231 e. The van der Waals surface area contributed by atoms with Crippen LogP contribution >= 0.6 is 0 Å². The lowest BCUT2D eigenvalue weighted by Crippen LogP contribution is -2.08. The third kappa shape index (κ3) is 1.22. The first-order valence-electron chi connectivity index (χ1n) is 4.22. The van der Waals surface area contributed by atoms with Gasteiger partial charge in [-0.3, -0.25) is 9.89 Å². The van der Waals surface area contributed by atoms with Gasteiger partial charge in [0, 0.05) is 25.1 Å². The number of aryl methyl sites for hydroxylation is 2. The normalized spacial score (nSPS) is 10.4. The number of hydrogen-bond acceptors (Lipinski definition) is 3. The summed E-state index contributed by atoms with van der Waals surface area (Å²) in [7, 11) is 1.79. The summed E-state index contributed by atoms with van der Waals surface area (Å²) < 4.78 is 1.69. The Morgan fingerprint density at radius 3 is 2.86 bits per heavy atom. The van der Waals surface area contributed by atoms with Crippen molar-refractivity contribution < 1.29 is 4.79 Å². The van der Waals surface area contributed by atoms with E-state index in [1.165, 1.54) is 6.20 Å². The number of nitrogens with zero attached hydrogens (tertiary/aromatic N) is 3. The minimum atomic E-state index is -0.108. The van der Waals surface area contributed by atoms with Crippen molar-refractivity contribution in [3.05, 3.63) is 35.7 Å². The van der Waals surface area contributed by atoms with Gasteiger partial charge in [-0.25, -0.2) is 4.98 Å². The van der Waals surface area contributed by atoms with Gasteiger partial charge in [0.05, 0.1) is 11.8 Å². The molecule has 0 aliphatic rings. The number of nitrogens with one attached hydrogen (secondary N) is 1. The number of rotatable bonds is 2. The topological polar surface area (TPSA) is 63.6 Å². The zero-order valence-corrected chi connectivity index (χ0v) is 7.98. The summed E-state index contributed by atoms with van der Waals surface area (Å²) >= 11 is 0. The molecule has 0 amide bonds. The van der Waals surface area contributed by atoms with E-state index in [-0.39, 0.29) is 5.78 Å². The lowest BCUT2D eigenvalue weighted by atomic mass is 10.1. The van der Waals surface area contributed by atoms with Crippen LogP contribution in [-0.4, -0.2) is 25.5 Å². The average Bonchev–Trinajstić information content (AvgIpc) is 2.73. The van der Waals surface area contributed by atoms with E-state index in [0.717, 1.165) is 5.69 Å². The summed E-state index contributed by atoms with van der Waals surface area (Å²) in [4.78, 5) is 15.9. The summed E-state index contributed by atoms with van der Waals surface area (Å²) in [6, 6.07) is 0. The van der Waals surface area contributed by atoms with Crippen LogP contribution in [0.1, 0.15) is 21.9 Å². The molecule has 5 heteroatoms. The SMILES string of the molecule is Cc1[nH]ncc1C(=O)c1nccn1C. The van der Waals surface area contributed by atoms with Crippen LogP contribution in [0.2, 0.25) is 0 Å². The third-order valence-corrected chi connectivity index (χ3v) is 2.10. The van der Waals surface area contributed by atoms with Crippen LogP contribution < -0.4 is 0 Å². The lowest BCUT2D eigenvalue weighted by Gasteiger charge is -1.98. The van der Waals surface area contributed by atoms with E-state index in [9.17, 15) is 4.79 Å². The first kappa shape index (κ1) is 8.68. The van der Waals surface area contributed by atoms with Crippen LogP contribution in [-0.2, 0) is 7.05 Å². The Hall–Kier alpha value is -1.91. The van der Waals surface area contributed by atoms with Crippen LogP contribution in [0.4, 0.5) is 0 Å². The molecule has 72 valence electrons. The van der Waals surface area contributed by atoms with Crippen LogP contribution in [0.5, 0.6) is 0 Å². The first-order valence-corrected chi connectivity index (χ1v) is 4.22. The van der Waals surface area contributed by atoms with Crippen molar-refractivity contribution in [3.8, 4) is 0 Å². The first-order chi connectivity index (χ1) is 6.70. The molecule has 2 aromatic heterocycles. The van der Waals surface area contributed by atoms with E-state index in [0.29, 0.717) is 11.4 Å². The van der Waals surface area contributed by atoms with E-state index in [1.54, 1.807) is 24.0 Å². The molecule has 1 N–H and O–H groups in total. The van der Waals surface area contributed by atoms with Gasteiger partial charge in [0.25, 0.3) is 0 Å². The molecule has 2 heterocycles. The van der Waals surface area contributed by atoms with E-state index < -0.39 is 0 Å². The van der Waals surface area contributed by atoms with Gasteiger partial charge < -0.3 is 4.57 Å². The molecular weight excluding hydrogens is 180 g/mol. The molecule has 0 aliphatic carbocycles. The summed E-state index contributed by atoms with van der Waals surface area (Å²) in [5, 5.41) is 6.52.